The molecule has 5 heteroatoms. The van der Waals surface area contributed by atoms with E-state index in [4.69, 9.17) is 0 Å². The summed E-state index contributed by atoms with van der Waals surface area (Å²) in [6.07, 6.45) is 1.19. The van der Waals surface area contributed by atoms with Crippen LogP contribution in [0.5, 0.6) is 0 Å². The summed E-state index contributed by atoms with van der Waals surface area (Å²) in [7, 11) is 0. The maximum absolute atomic E-state index is 13.3. The third-order valence-electron chi connectivity index (χ3n) is 1.91. The molecule has 1 aromatic heterocycles. The average Bonchev–Trinajstić information content (AvgIpc) is 2.17. The Morgan fingerprint density at radius 2 is 1.80 bits per heavy atom. The molecular formula is C10H6F2N2O. The molecule has 0 fully saturated rings. The number of H-pyrrole nitrogens is 1. The van der Waals surface area contributed by atoms with Crippen LogP contribution in [0.15, 0.2) is 35.3 Å². The van der Waals surface area contributed by atoms with Crippen LogP contribution in [0.25, 0.3) is 11.3 Å². The van der Waals surface area contributed by atoms with Crippen molar-refractivity contribution in [3.8, 4) is 11.3 Å². The summed E-state index contributed by atoms with van der Waals surface area (Å²) in [5, 5.41) is 0. The van der Waals surface area contributed by atoms with Gasteiger partial charge in [0.1, 0.15) is 11.6 Å². The minimum Gasteiger partial charge on any atom is -0.305 e. The van der Waals surface area contributed by atoms with Gasteiger partial charge in [-0.25, -0.2) is 18.6 Å². The number of hydrogen-bond donors (Lipinski definition) is 1. The first-order valence-corrected chi connectivity index (χ1v) is 4.18. The molecular weight excluding hydrogens is 202 g/mol. The first-order chi connectivity index (χ1) is 7.18. The number of nitrogens with one attached hydrogen (secondary N) is 1. The van der Waals surface area contributed by atoms with E-state index in [9.17, 15) is 13.6 Å². The molecule has 0 saturated carbocycles. The van der Waals surface area contributed by atoms with Gasteiger partial charge in [-0.2, -0.15) is 0 Å². The molecule has 0 amide bonds. The number of aromatic nitrogens is 2. The first kappa shape index (κ1) is 9.51. The van der Waals surface area contributed by atoms with Gasteiger partial charge in [-0.3, -0.25) is 0 Å². The fourth-order valence-corrected chi connectivity index (χ4v) is 1.27. The molecule has 15 heavy (non-hydrogen) atoms. The molecule has 1 aromatic carbocycles. The van der Waals surface area contributed by atoms with Crippen LogP contribution in [-0.2, 0) is 0 Å². The number of benzene rings is 1. The molecule has 76 valence electrons. The van der Waals surface area contributed by atoms with Gasteiger partial charge in [-0.15, -0.1) is 0 Å². The molecule has 0 aliphatic heterocycles. The topological polar surface area (TPSA) is 45.8 Å². The van der Waals surface area contributed by atoms with E-state index >= 15 is 0 Å². The molecule has 3 nitrogen and oxygen atoms in total. The predicted molar refractivity (Wildman–Crippen MR) is 50.2 cm³/mol. The molecule has 0 radical (unpaired) electrons. The molecule has 0 atom stereocenters. The number of rotatable bonds is 1. The monoisotopic (exact) mass is 208 g/mol. The number of hydrogen-bond acceptors (Lipinski definition) is 2. The Kier molecular flexibility index (Phi) is 2.29. The van der Waals surface area contributed by atoms with Crippen LogP contribution < -0.4 is 5.69 Å². The minimum absolute atomic E-state index is 0.0746. The molecule has 1 heterocycles. The highest BCUT2D eigenvalue weighted by Gasteiger charge is 2.11. The highest BCUT2D eigenvalue weighted by Crippen LogP contribution is 2.22. The van der Waals surface area contributed by atoms with Gasteiger partial charge in [0.25, 0.3) is 0 Å². The van der Waals surface area contributed by atoms with Crippen LogP contribution in [0.1, 0.15) is 0 Å². The zero-order chi connectivity index (χ0) is 10.8. The Morgan fingerprint density at radius 1 is 1.13 bits per heavy atom. The average molecular weight is 208 g/mol. The maximum atomic E-state index is 13.3. The second kappa shape index (κ2) is 3.61. The third kappa shape index (κ3) is 1.76. The Bertz CT molecular complexity index is 531. The summed E-state index contributed by atoms with van der Waals surface area (Å²) in [5.74, 6) is -1.45. The van der Waals surface area contributed by atoms with Crippen LogP contribution in [0, 0.1) is 11.6 Å². The Labute approximate surface area is 83.4 Å². The lowest BCUT2D eigenvalue weighted by atomic mass is 10.1. The molecule has 0 unspecified atom stereocenters. The van der Waals surface area contributed by atoms with Gasteiger partial charge in [-0.1, -0.05) is 6.07 Å². The van der Waals surface area contributed by atoms with E-state index in [1.807, 2.05) is 0 Å². The summed E-state index contributed by atoms with van der Waals surface area (Å²) >= 11 is 0. The fraction of sp³-hybridized carbons (Fsp3) is 0. The summed E-state index contributed by atoms with van der Waals surface area (Å²) < 4.78 is 26.6. The Balaban J connectivity index is 2.69. The largest absolute Gasteiger partial charge is 0.345 e. The SMILES string of the molecule is O=c1nccc(-c2c(F)cccc2F)[nH]1. The van der Waals surface area contributed by atoms with E-state index in [0.717, 1.165) is 12.1 Å². The van der Waals surface area contributed by atoms with Crippen molar-refractivity contribution in [2.45, 2.75) is 0 Å². The lowest BCUT2D eigenvalue weighted by Crippen LogP contribution is -2.10. The molecule has 0 aliphatic carbocycles. The summed E-state index contributed by atoms with van der Waals surface area (Å²) in [6.45, 7) is 0. The van der Waals surface area contributed by atoms with E-state index in [1.54, 1.807) is 0 Å². The number of aromatic amines is 1. The zero-order valence-corrected chi connectivity index (χ0v) is 7.50. The van der Waals surface area contributed by atoms with Gasteiger partial charge < -0.3 is 4.98 Å². The van der Waals surface area contributed by atoms with Gasteiger partial charge in [0.05, 0.1) is 11.3 Å². The highest BCUT2D eigenvalue weighted by molar-refractivity contribution is 5.59. The van der Waals surface area contributed by atoms with Gasteiger partial charge >= 0.3 is 5.69 Å². The molecule has 0 bridgehead atoms. The van der Waals surface area contributed by atoms with E-state index in [0.29, 0.717) is 0 Å². The molecule has 0 saturated heterocycles. The van der Waals surface area contributed by atoms with Crippen molar-refractivity contribution in [1.82, 2.24) is 9.97 Å². The summed E-state index contributed by atoms with van der Waals surface area (Å²) in [6, 6.07) is 4.84. The van der Waals surface area contributed by atoms with Crippen molar-refractivity contribution in [2.24, 2.45) is 0 Å². The second-order valence-electron chi connectivity index (χ2n) is 2.89. The van der Waals surface area contributed by atoms with E-state index in [2.05, 4.69) is 9.97 Å². The van der Waals surface area contributed by atoms with Crippen molar-refractivity contribution < 1.29 is 8.78 Å². The quantitative estimate of drug-likeness (QED) is 0.775. The van der Waals surface area contributed by atoms with Crippen LogP contribution >= 0.6 is 0 Å². The molecule has 0 aliphatic rings. The maximum Gasteiger partial charge on any atom is 0.345 e. The molecule has 0 spiro atoms. The van der Waals surface area contributed by atoms with Gasteiger partial charge in [0.2, 0.25) is 0 Å². The normalized spacial score (nSPS) is 10.3. The van der Waals surface area contributed by atoms with E-state index in [-0.39, 0.29) is 11.3 Å². The second-order valence-corrected chi connectivity index (χ2v) is 2.89. The van der Waals surface area contributed by atoms with Crippen molar-refractivity contribution in [3.63, 3.8) is 0 Å². The smallest absolute Gasteiger partial charge is 0.305 e. The van der Waals surface area contributed by atoms with Gasteiger partial charge in [0, 0.05) is 6.20 Å². The van der Waals surface area contributed by atoms with Crippen LogP contribution in [0.3, 0.4) is 0 Å². The van der Waals surface area contributed by atoms with Crippen molar-refractivity contribution >= 4 is 0 Å². The van der Waals surface area contributed by atoms with E-state index < -0.39 is 17.3 Å². The van der Waals surface area contributed by atoms with Crippen molar-refractivity contribution in [3.05, 3.63) is 52.6 Å². The van der Waals surface area contributed by atoms with Crippen LogP contribution in [0.2, 0.25) is 0 Å². The highest BCUT2D eigenvalue weighted by atomic mass is 19.1. The van der Waals surface area contributed by atoms with Gasteiger partial charge in [0.15, 0.2) is 0 Å². The summed E-state index contributed by atoms with van der Waals surface area (Å²) in [4.78, 5) is 16.5. The van der Waals surface area contributed by atoms with Crippen molar-refractivity contribution in [2.75, 3.05) is 0 Å². The first-order valence-electron chi connectivity index (χ1n) is 4.18. The molecule has 2 rings (SSSR count). The predicted octanol–water partition coefficient (Wildman–Crippen LogP) is 1.72. The van der Waals surface area contributed by atoms with E-state index in [1.165, 1.54) is 18.3 Å². The van der Waals surface area contributed by atoms with Gasteiger partial charge in [-0.05, 0) is 18.2 Å². The fourth-order valence-electron chi connectivity index (χ4n) is 1.27. The Morgan fingerprint density at radius 3 is 2.40 bits per heavy atom. The summed E-state index contributed by atoms with van der Waals surface area (Å²) in [5.41, 5.74) is -0.822. The van der Waals surface area contributed by atoms with Crippen LogP contribution in [-0.4, -0.2) is 9.97 Å². The third-order valence-corrected chi connectivity index (χ3v) is 1.91. The lowest BCUT2D eigenvalue weighted by molar-refractivity contribution is 0.588. The standard InChI is InChI=1S/C10H6F2N2O/c11-6-2-1-3-7(12)9(6)8-4-5-13-10(15)14-8/h1-5H,(H,13,14,15). The number of halogens is 2. The van der Waals surface area contributed by atoms with Crippen molar-refractivity contribution in [1.29, 1.82) is 0 Å². The number of nitrogens with zero attached hydrogens (tertiary/aromatic N) is 1. The molecule has 2 aromatic rings. The molecule has 1 N–H and O–H groups in total. The van der Waals surface area contributed by atoms with Crippen LogP contribution in [0.4, 0.5) is 8.78 Å². The zero-order valence-electron chi connectivity index (χ0n) is 7.50. The Hall–Kier alpha value is -2.04. The lowest BCUT2D eigenvalue weighted by Gasteiger charge is -2.03. The minimum atomic E-state index is -0.725.